The maximum atomic E-state index is 10.1. The summed E-state index contributed by atoms with van der Waals surface area (Å²) >= 11 is 0. The predicted octanol–water partition coefficient (Wildman–Crippen LogP) is 0.453. The van der Waals surface area contributed by atoms with Crippen LogP contribution in [0.3, 0.4) is 0 Å². The fraction of sp³-hybridized carbons (Fsp3) is 1.00. The second kappa shape index (κ2) is 3.69. The predicted molar refractivity (Wildman–Crippen MR) is 33.7 cm³/mol. The van der Waals surface area contributed by atoms with Gasteiger partial charge in [0.15, 0.2) is 0 Å². The highest BCUT2D eigenvalue weighted by atomic mass is 17.0. The van der Waals surface area contributed by atoms with Crippen LogP contribution in [0, 0.1) is 26.1 Å². The molecule has 0 heterocycles. The topological polar surface area (TPSA) is 95.5 Å². The molecule has 0 aliphatic carbocycles. The molecule has 0 spiro atoms. The molecule has 0 aromatic carbocycles. The summed E-state index contributed by atoms with van der Waals surface area (Å²) < 4.78 is 0. The van der Waals surface area contributed by atoms with E-state index in [0.717, 1.165) is 0 Å². The van der Waals surface area contributed by atoms with Crippen molar-refractivity contribution in [2.24, 2.45) is 5.92 Å². The van der Waals surface area contributed by atoms with Crippen molar-refractivity contribution in [3.8, 4) is 0 Å². The van der Waals surface area contributed by atoms with Crippen LogP contribution in [-0.4, -0.2) is 16.2 Å². The summed E-state index contributed by atoms with van der Waals surface area (Å²) in [6.45, 7) is 2.94. The molecule has 0 saturated heterocycles. The van der Waals surface area contributed by atoms with E-state index in [2.05, 4.69) is 4.84 Å². The summed E-state index contributed by atoms with van der Waals surface area (Å²) in [5.41, 5.74) is 0. The largest absolute Gasteiger partial charge is 0.357 e. The van der Waals surface area contributed by atoms with Crippen LogP contribution in [0.1, 0.15) is 13.8 Å². The fourth-order valence-corrected chi connectivity index (χ4v) is 0.492. The van der Waals surface area contributed by atoms with Gasteiger partial charge in [-0.05, 0) is 0 Å². The Morgan fingerprint density at radius 1 is 1.27 bits per heavy atom. The van der Waals surface area contributed by atoms with Crippen LogP contribution >= 0.6 is 0 Å². The van der Waals surface area contributed by atoms with E-state index in [1.807, 2.05) is 0 Å². The van der Waals surface area contributed by atoms with Gasteiger partial charge < -0.3 is 0 Å². The molecule has 64 valence electrons. The second-order valence-electron chi connectivity index (χ2n) is 2.25. The van der Waals surface area contributed by atoms with E-state index in [4.69, 9.17) is 0 Å². The average Bonchev–Trinajstić information content (AvgIpc) is 1.81. The SMILES string of the molecule is CC(C)C(O[N+](=O)[O-])[N+](=O)[O-]. The Morgan fingerprint density at radius 3 is 1.82 bits per heavy atom. The van der Waals surface area contributed by atoms with Crippen molar-refractivity contribution < 1.29 is 14.8 Å². The van der Waals surface area contributed by atoms with Gasteiger partial charge in [-0.15, -0.1) is 10.1 Å². The van der Waals surface area contributed by atoms with Crippen molar-refractivity contribution in [2.45, 2.75) is 20.1 Å². The molecular formula is C4H8N2O5. The van der Waals surface area contributed by atoms with Crippen LogP contribution in [-0.2, 0) is 4.84 Å². The molecule has 0 aromatic heterocycles. The van der Waals surface area contributed by atoms with Gasteiger partial charge in [0.25, 0.3) is 0 Å². The molecule has 0 rings (SSSR count). The van der Waals surface area contributed by atoms with Crippen molar-refractivity contribution in [2.75, 3.05) is 0 Å². The third-order valence-corrected chi connectivity index (χ3v) is 0.972. The number of nitrogens with zero attached hydrogens (tertiary/aromatic N) is 2. The summed E-state index contributed by atoms with van der Waals surface area (Å²) in [5.74, 6) is -0.518. The molecule has 0 amide bonds. The molecule has 0 fully saturated rings. The van der Waals surface area contributed by atoms with Crippen molar-refractivity contribution in [3.05, 3.63) is 20.2 Å². The van der Waals surface area contributed by atoms with Crippen LogP contribution in [0.2, 0.25) is 0 Å². The summed E-state index contributed by atoms with van der Waals surface area (Å²) in [5, 5.41) is 18.6. The van der Waals surface area contributed by atoms with E-state index >= 15 is 0 Å². The summed E-state index contributed by atoms with van der Waals surface area (Å²) in [4.78, 5) is 22.7. The van der Waals surface area contributed by atoms with E-state index in [9.17, 15) is 20.2 Å². The normalized spacial score (nSPS) is 12.6. The molecule has 0 aliphatic heterocycles. The zero-order chi connectivity index (χ0) is 9.02. The second-order valence-corrected chi connectivity index (χ2v) is 2.25. The Morgan fingerprint density at radius 2 is 1.73 bits per heavy atom. The van der Waals surface area contributed by atoms with E-state index in [1.54, 1.807) is 0 Å². The Hall–Kier alpha value is -1.40. The number of nitro groups is 1. The molecule has 0 aromatic rings. The Kier molecular flexibility index (Phi) is 3.22. The van der Waals surface area contributed by atoms with Gasteiger partial charge in [-0.1, -0.05) is 13.8 Å². The Bertz CT molecular complexity index is 168. The first-order valence-corrected chi connectivity index (χ1v) is 2.89. The number of rotatable bonds is 4. The molecule has 0 saturated carbocycles. The smallest absolute Gasteiger partial charge is 0.262 e. The first-order chi connectivity index (χ1) is 4.95. The summed E-state index contributed by atoms with van der Waals surface area (Å²) in [6.07, 6.45) is -1.56. The molecule has 11 heavy (non-hydrogen) atoms. The standard InChI is InChI=1S/C4H8N2O5/c1-3(2)4(5(7)8)11-6(9)10/h3-4H,1-2H3. The Balaban J connectivity index is 4.12. The molecule has 7 heteroatoms. The number of hydrogen-bond donors (Lipinski definition) is 0. The molecule has 7 nitrogen and oxygen atoms in total. The van der Waals surface area contributed by atoms with Gasteiger partial charge in [-0.25, -0.2) is 4.84 Å². The van der Waals surface area contributed by atoms with Gasteiger partial charge in [0, 0.05) is 5.92 Å². The van der Waals surface area contributed by atoms with Gasteiger partial charge in [0.1, 0.15) is 0 Å². The van der Waals surface area contributed by atoms with Crippen molar-refractivity contribution in [1.29, 1.82) is 0 Å². The highest BCUT2D eigenvalue weighted by Crippen LogP contribution is 2.06. The molecule has 0 aliphatic rings. The summed E-state index contributed by atoms with van der Waals surface area (Å²) in [6, 6.07) is 0. The zero-order valence-electron chi connectivity index (χ0n) is 6.09. The van der Waals surface area contributed by atoms with E-state index in [-0.39, 0.29) is 0 Å². The van der Waals surface area contributed by atoms with E-state index in [1.165, 1.54) is 13.8 Å². The lowest BCUT2D eigenvalue weighted by atomic mass is 10.2. The molecule has 1 unspecified atom stereocenters. The Labute approximate surface area is 62.2 Å². The highest BCUT2D eigenvalue weighted by molar-refractivity contribution is 4.45. The first kappa shape index (κ1) is 9.60. The zero-order valence-corrected chi connectivity index (χ0v) is 6.09. The van der Waals surface area contributed by atoms with Gasteiger partial charge in [-0.3, -0.25) is 10.1 Å². The lowest BCUT2D eigenvalue weighted by Gasteiger charge is -2.08. The quantitative estimate of drug-likeness (QED) is 0.341. The minimum Gasteiger partial charge on any atom is -0.262 e. The van der Waals surface area contributed by atoms with Crippen LogP contribution in [0.4, 0.5) is 0 Å². The summed E-state index contributed by atoms with van der Waals surface area (Å²) in [7, 11) is 0. The maximum absolute atomic E-state index is 10.1. The van der Waals surface area contributed by atoms with Crippen LogP contribution in [0.5, 0.6) is 0 Å². The molecular weight excluding hydrogens is 156 g/mol. The molecule has 1 atom stereocenters. The number of hydrogen-bond acceptors (Lipinski definition) is 5. The minimum absolute atomic E-state index is 0.518. The minimum atomic E-state index is -1.56. The van der Waals surface area contributed by atoms with Crippen molar-refractivity contribution in [1.82, 2.24) is 0 Å². The van der Waals surface area contributed by atoms with Gasteiger partial charge >= 0.3 is 11.3 Å². The molecule has 0 radical (unpaired) electrons. The van der Waals surface area contributed by atoms with Gasteiger partial charge in [0.2, 0.25) is 0 Å². The average molecular weight is 164 g/mol. The van der Waals surface area contributed by atoms with Crippen molar-refractivity contribution >= 4 is 0 Å². The third kappa shape index (κ3) is 3.33. The van der Waals surface area contributed by atoms with E-state index in [0.29, 0.717) is 0 Å². The lowest BCUT2D eigenvalue weighted by Crippen LogP contribution is -2.30. The lowest BCUT2D eigenvalue weighted by molar-refractivity contribution is -0.829. The molecule has 0 N–H and O–H groups in total. The van der Waals surface area contributed by atoms with Gasteiger partial charge in [-0.2, -0.15) is 0 Å². The third-order valence-electron chi connectivity index (χ3n) is 0.972. The fourth-order valence-electron chi connectivity index (χ4n) is 0.492. The van der Waals surface area contributed by atoms with E-state index < -0.39 is 22.2 Å². The van der Waals surface area contributed by atoms with Crippen LogP contribution in [0.25, 0.3) is 0 Å². The van der Waals surface area contributed by atoms with Gasteiger partial charge in [0.05, 0.1) is 4.92 Å². The van der Waals surface area contributed by atoms with Crippen molar-refractivity contribution in [3.63, 3.8) is 0 Å². The van der Waals surface area contributed by atoms with Crippen LogP contribution < -0.4 is 0 Å². The first-order valence-electron chi connectivity index (χ1n) is 2.89. The van der Waals surface area contributed by atoms with Crippen LogP contribution in [0.15, 0.2) is 0 Å². The molecule has 0 bridgehead atoms. The highest BCUT2D eigenvalue weighted by Gasteiger charge is 2.28. The monoisotopic (exact) mass is 164 g/mol. The maximum Gasteiger partial charge on any atom is 0.357 e.